The summed E-state index contributed by atoms with van der Waals surface area (Å²) in [7, 11) is 0. The van der Waals surface area contributed by atoms with E-state index >= 15 is 0 Å². The Balaban J connectivity index is 0. The number of rotatable bonds is 0. The van der Waals surface area contributed by atoms with Gasteiger partial charge in [-0.05, 0) is 0 Å². The van der Waals surface area contributed by atoms with Gasteiger partial charge in [-0.2, -0.15) is 0 Å². The van der Waals surface area contributed by atoms with Crippen LogP contribution >= 0.6 is 0 Å². The van der Waals surface area contributed by atoms with E-state index in [1.54, 1.807) is 0 Å². The van der Waals surface area contributed by atoms with Crippen LogP contribution in [0.2, 0.25) is 11.7 Å². The molecule has 4 N–H and O–H groups in total. The van der Waals surface area contributed by atoms with E-state index in [4.69, 9.17) is 9.62 Å². The first-order chi connectivity index (χ1) is 2.73. The molecule has 0 spiro atoms. The summed E-state index contributed by atoms with van der Waals surface area (Å²) in [6.45, 7) is 0. The van der Waals surface area contributed by atoms with Crippen molar-refractivity contribution in [2.45, 2.75) is 11.7 Å². The molecule has 0 aromatic heterocycles. The molecule has 0 unspecified atom stereocenters. The maximum atomic E-state index is 6.65. The molecule has 0 bridgehead atoms. The third kappa shape index (κ3) is 858. The molecule has 4 heteroatoms. The van der Waals surface area contributed by atoms with Gasteiger partial charge in [-0.25, -0.2) is 5.90 Å². The summed E-state index contributed by atoms with van der Waals surface area (Å²) in [6.07, 6.45) is 0. The van der Waals surface area contributed by atoms with Crippen LogP contribution in [0.25, 0.3) is 0 Å². The molecule has 0 fully saturated rings. The van der Waals surface area contributed by atoms with Crippen molar-refractivity contribution >= 4 is 0 Å². The van der Waals surface area contributed by atoms with Crippen LogP contribution in [0.15, 0.2) is 0 Å². The van der Waals surface area contributed by atoms with E-state index in [1.807, 2.05) is 11.7 Å². The van der Waals surface area contributed by atoms with E-state index in [9.17, 15) is 0 Å². The molecule has 0 aliphatic heterocycles. The number of nitrogens with two attached hydrogens (primary N) is 1. The van der Waals surface area contributed by atoms with Crippen LogP contribution in [-0.2, 0) is 13.5 Å². The maximum absolute atomic E-state index is 6.65. The summed E-state index contributed by atoms with van der Waals surface area (Å²) in [5.74, 6) is 7.29. The van der Waals surface area contributed by atoms with Crippen molar-refractivity contribution in [1.82, 2.24) is 0 Å². The second kappa shape index (κ2) is 8.97. The summed E-state index contributed by atoms with van der Waals surface area (Å²) in [5, 5.41) is 6.50. The number of nitrogens with one attached hydrogen (secondary N) is 1. The summed E-state index contributed by atoms with van der Waals surface area (Å²) in [5.41, 5.74) is 0. The fourth-order valence-electron chi connectivity index (χ4n) is 0. The monoisotopic (exact) mass is 137 g/mol. The van der Waals surface area contributed by atoms with Gasteiger partial charge < -0.3 is 5.21 Å². The van der Waals surface area contributed by atoms with Gasteiger partial charge in [0, 0.05) is 0 Å². The second-order valence-corrected chi connectivity index (χ2v) is 2.75. The Kier molecular flexibility index (Phi) is 14.2. The topological polar surface area (TPSA) is 70.1 Å². The van der Waals surface area contributed by atoms with E-state index in [1.165, 1.54) is 0 Å². The molecule has 0 aliphatic rings. The Hall–Kier alpha value is 0.226. The fourth-order valence-corrected chi connectivity index (χ4v) is 0. The van der Waals surface area contributed by atoms with Crippen LogP contribution < -0.4 is 5.90 Å². The predicted octanol–water partition coefficient (Wildman–Crippen LogP) is 0.797. The molecule has 0 saturated heterocycles. The van der Waals surface area contributed by atoms with Crippen LogP contribution in [0.4, 0.5) is 0 Å². The van der Waals surface area contributed by atoms with E-state index in [2.05, 4.69) is 5.90 Å². The Morgan fingerprint density at radius 1 is 1.50 bits per heavy atom. The van der Waals surface area contributed by atoms with Gasteiger partial charge in [0.15, 0.2) is 0 Å². The Labute approximate surface area is 41.5 Å². The molecular weight excluding hydrogens is 127 g/mol. The minimum absolute atomic E-state index is 0.354. The van der Waals surface area contributed by atoms with Gasteiger partial charge in [0.05, 0.1) is 0 Å². The van der Waals surface area contributed by atoms with E-state index in [0.717, 1.165) is 0 Å². The van der Waals surface area contributed by atoms with Crippen molar-refractivity contribution in [3.8, 4) is 0 Å². The second-order valence-electron chi connectivity index (χ2n) is 0.667. The van der Waals surface area contributed by atoms with Crippen molar-refractivity contribution in [3.63, 3.8) is 0 Å². The zero-order valence-electron chi connectivity index (χ0n) is 3.86. The molecule has 0 aromatic rings. The first kappa shape index (κ1) is 9.52. The van der Waals surface area contributed by atoms with Crippen LogP contribution in [0.5, 0.6) is 0 Å². The van der Waals surface area contributed by atoms with Crippen molar-refractivity contribution < 1.29 is 18.7 Å². The van der Waals surface area contributed by atoms with Gasteiger partial charge in [0.1, 0.15) is 0 Å². The third-order valence-electron chi connectivity index (χ3n) is 0. The average Bonchev–Trinajstić information content (AvgIpc) is 1.41. The average molecular weight is 137 g/mol. The molecule has 3 nitrogen and oxygen atoms in total. The zero-order chi connectivity index (χ0) is 5.58. The predicted molar refractivity (Wildman–Crippen MR) is 20.4 cm³/mol. The zero-order valence-corrected chi connectivity index (χ0v) is 4.90. The molecular formula is C2H10CoN2O. The summed E-state index contributed by atoms with van der Waals surface area (Å²) in [6, 6.07) is 0. The van der Waals surface area contributed by atoms with Crippen molar-refractivity contribution in [2.75, 3.05) is 0 Å². The first-order valence-corrected chi connectivity index (χ1v) is 3.69. The molecule has 0 aliphatic carbocycles. The van der Waals surface area contributed by atoms with Gasteiger partial charge in [0.2, 0.25) is 0 Å². The molecule has 0 radical (unpaired) electrons. The van der Waals surface area contributed by atoms with E-state index in [-0.39, 0.29) is 13.5 Å². The van der Waals surface area contributed by atoms with Crippen molar-refractivity contribution in [3.05, 3.63) is 0 Å². The van der Waals surface area contributed by atoms with Crippen LogP contribution in [0, 0.1) is 4.41 Å². The number of hydrogen-bond donors (Lipinski definition) is 3. The van der Waals surface area contributed by atoms with Gasteiger partial charge in [-0.15, -0.1) is 0 Å². The van der Waals surface area contributed by atoms with E-state index in [0.29, 0.717) is 0 Å². The number of hydrogen-bond acceptors (Lipinski definition) is 3. The molecule has 0 saturated carbocycles. The van der Waals surface area contributed by atoms with Gasteiger partial charge in [-0.1, -0.05) is 0 Å². The van der Waals surface area contributed by atoms with Crippen LogP contribution in [-0.4, -0.2) is 5.21 Å². The molecule has 43 valence electrons. The molecule has 0 rings (SSSR count). The van der Waals surface area contributed by atoms with E-state index < -0.39 is 0 Å². The Bertz CT molecular complexity index is 34.5. The Morgan fingerprint density at radius 2 is 1.50 bits per heavy atom. The quantitative estimate of drug-likeness (QED) is 0.432. The van der Waals surface area contributed by atoms with Crippen molar-refractivity contribution in [1.29, 1.82) is 4.41 Å². The van der Waals surface area contributed by atoms with Crippen LogP contribution in [0.3, 0.4) is 0 Å². The Morgan fingerprint density at radius 3 is 1.50 bits per heavy atom. The van der Waals surface area contributed by atoms with Crippen molar-refractivity contribution in [2.24, 2.45) is 5.90 Å². The first-order valence-electron chi connectivity index (χ1n) is 1.09. The SMILES string of the molecule is NO.[CH3][Co]([CH3])=[NH]. The molecule has 0 atom stereocenters. The summed E-state index contributed by atoms with van der Waals surface area (Å²) >= 11 is -0.354. The fraction of sp³-hybridized carbons (Fsp3) is 1.00. The molecule has 0 amide bonds. The molecule has 6 heavy (non-hydrogen) atoms. The van der Waals surface area contributed by atoms with Gasteiger partial charge in [-0.3, -0.25) is 0 Å². The standard InChI is InChI=1S/2CH3.Co.H3NO.HN/c;;;1-2;/h2*1H3;;2H,1H2;1H. The third-order valence-corrected chi connectivity index (χ3v) is 0. The summed E-state index contributed by atoms with van der Waals surface area (Å²) < 4.78 is 6.65. The molecule has 0 aromatic carbocycles. The van der Waals surface area contributed by atoms with Crippen LogP contribution in [0.1, 0.15) is 0 Å². The normalized spacial score (nSPS) is 8.33. The minimum atomic E-state index is -0.354. The van der Waals surface area contributed by atoms with Gasteiger partial charge >= 0.3 is 29.6 Å². The molecule has 0 heterocycles. The summed E-state index contributed by atoms with van der Waals surface area (Å²) in [4.78, 5) is 0. The van der Waals surface area contributed by atoms with Gasteiger partial charge in [0.25, 0.3) is 0 Å².